The molecule has 0 bridgehead atoms. The fraction of sp³-hybridized carbons (Fsp3) is 0.250. The SMILES string of the molecule is CC(C)C(=O)N[C@H]1N=C(c2ccccc2)c2ccccc2N(C)C1=O. The van der Waals surface area contributed by atoms with Crippen LogP contribution in [0.25, 0.3) is 0 Å². The Morgan fingerprint density at radius 3 is 2.40 bits per heavy atom. The van der Waals surface area contributed by atoms with Gasteiger partial charge >= 0.3 is 0 Å². The summed E-state index contributed by atoms with van der Waals surface area (Å²) in [6.07, 6.45) is -0.942. The van der Waals surface area contributed by atoms with Gasteiger partial charge in [0.15, 0.2) is 0 Å². The lowest BCUT2D eigenvalue weighted by molar-refractivity contribution is -0.129. The Hall–Kier alpha value is -2.95. The molecule has 3 rings (SSSR count). The zero-order valence-electron chi connectivity index (χ0n) is 14.6. The summed E-state index contributed by atoms with van der Waals surface area (Å²) in [6.45, 7) is 3.58. The average Bonchev–Trinajstić information content (AvgIpc) is 2.73. The number of carbonyl (C=O) groups is 2. The topological polar surface area (TPSA) is 61.8 Å². The summed E-state index contributed by atoms with van der Waals surface area (Å²) >= 11 is 0. The molecule has 2 amide bonds. The first-order valence-corrected chi connectivity index (χ1v) is 8.29. The van der Waals surface area contributed by atoms with Gasteiger partial charge in [0.05, 0.1) is 11.4 Å². The van der Waals surface area contributed by atoms with Gasteiger partial charge in [-0.25, -0.2) is 4.99 Å². The standard InChI is InChI=1S/C20H21N3O2/c1-13(2)19(24)22-18-20(25)23(3)16-12-8-7-11-15(16)17(21-18)14-9-5-4-6-10-14/h4-13,18H,1-3H3,(H,22,24)/t18-/m1/s1. The Kier molecular flexibility index (Phi) is 4.65. The number of para-hydroxylation sites is 1. The van der Waals surface area contributed by atoms with E-state index in [1.54, 1.807) is 25.8 Å². The van der Waals surface area contributed by atoms with Crippen LogP contribution in [0, 0.1) is 5.92 Å². The second-order valence-electron chi connectivity index (χ2n) is 6.32. The molecule has 0 spiro atoms. The number of benzene rings is 2. The molecule has 0 unspecified atom stereocenters. The molecular weight excluding hydrogens is 314 g/mol. The van der Waals surface area contributed by atoms with E-state index >= 15 is 0 Å². The van der Waals surface area contributed by atoms with Gasteiger partial charge in [0, 0.05) is 24.1 Å². The smallest absolute Gasteiger partial charge is 0.272 e. The molecule has 5 nitrogen and oxygen atoms in total. The summed E-state index contributed by atoms with van der Waals surface area (Å²) in [7, 11) is 1.71. The van der Waals surface area contributed by atoms with Crippen LogP contribution in [0.15, 0.2) is 59.6 Å². The third-order valence-corrected chi connectivity index (χ3v) is 4.19. The number of rotatable bonds is 3. The zero-order chi connectivity index (χ0) is 18.0. The van der Waals surface area contributed by atoms with Crippen LogP contribution in [0.2, 0.25) is 0 Å². The highest BCUT2D eigenvalue weighted by Gasteiger charge is 2.31. The van der Waals surface area contributed by atoms with Crippen molar-refractivity contribution in [3.05, 3.63) is 65.7 Å². The Bertz CT molecular complexity index is 828. The summed E-state index contributed by atoms with van der Waals surface area (Å²) < 4.78 is 0. The largest absolute Gasteiger partial charge is 0.326 e. The number of hydrogen-bond donors (Lipinski definition) is 1. The quantitative estimate of drug-likeness (QED) is 0.937. The van der Waals surface area contributed by atoms with Gasteiger partial charge in [-0.3, -0.25) is 9.59 Å². The van der Waals surface area contributed by atoms with Gasteiger partial charge in [-0.1, -0.05) is 62.4 Å². The molecule has 0 aromatic heterocycles. The number of likely N-dealkylation sites (N-methyl/N-ethyl adjacent to an activating group) is 1. The molecule has 2 aromatic carbocycles. The van der Waals surface area contributed by atoms with E-state index in [9.17, 15) is 9.59 Å². The number of nitrogens with zero attached hydrogens (tertiary/aromatic N) is 2. The maximum absolute atomic E-state index is 12.8. The monoisotopic (exact) mass is 335 g/mol. The third kappa shape index (κ3) is 3.31. The van der Waals surface area contributed by atoms with E-state index in [1.165, 1.54) is 0 Å². The van der Waals surface area contributed by atoms with Crippen LogP contribution in [0.1, 0.15) is 25.0 Å². The molecule has 0 radical (unpaired) electrons. The second-order valence-corrected chi connectivity index (χ2v) is 6.32. The molecule has 5 heteroatoms. The molecule has 1 atom stereocenters. The Morgan fingerprint density at radius 2 is 1.72 bits per heavy atom. The van der Waals surface area contributed by atoms with Crippen molar-refractivity contribution in [2.75, 3.05) is 11.9 Å². The number of nitrogens with one attached hydrogen (secondary N) is 1. The first-order chi connectivity index (χ1) is 12.0. The molecule has 1 heterocycles. The Balaban J connectivity index is 2.14. The van der Waals surface area contributed by atoms with Crippen molar-refractivity contribution in [1.29, 1.82) is 0 Å². The molecule has 25 heavy (non-hydrogen) atoms. The van der Waals surface area contributed by atoms with Gasteiger partial charge in [-0.2, -0.15) is 0 Å². The molecule has 2 aromatic rings. The summed E-state index contributed by atoms with van der Waals surface area (Å²) in [4.78, 5) is 31.2. The molecule has 1 aliphatic heterocycles. The van der Waals surface area contributed by atoms with E-state index in [2.05, 4.69) is 10.3 Å². The van der Waals surface area contributed by atoms with Gasteiger partial charge in [-0.05, 0) is 6.07 Å². The second kappa shape index (κ2) is 6.89. The molecular formula is C20H21N3O2. The predicted octanol–water partition coefficient (Wildman–Crippen LogP) is 2.60. The highest BCUT2D eigenvalue weighted by molar-refractivity contribution is 6.20. The van der Waals surface area contributed by atoms with Crippen LogP contribution in [0.4, 0.5) is 5.69 Å². The summed E-state index contributed by atoms with van der Waals surface area (Å²) in [5.41, 5.74) is 3.24. The van der Waals surface area contributed by atoms with Gasteiger partial charge in [0.2, 0.25) is 12.1 Å². The zero-order valence-corrected chi connectivity index (χ0v) is 14.6. The lowest BCUT2D eigenvalue weighted by Gasteiger charge is -2.21. The number of amides is 2. The predicted molar refractivity (Wildman–Crippen MR) is 98.7 cm³/mol. The van der Waals surface area contributed by atoms with Crippen LogP contribution in [-0.2, 0) is 9.59 Å². The summed E-state index contributed by atoms with van der Waals surface area (Å²) in [6, 6.07) is 17.3. The first-order valence-electron chi connectivity index (χ1n) is 8.29. The fourth-order valence-corrected chi connectivity index (χ4v) is 2.74. The first kappa shape index (κ1) is 16.9. The Labute approximate surface area is 147 Å². The van der Waals surface area contributed by atoms with E-state index in [4.69, 9.17) is 0 Å². The van der Waals surface area contributed by atoms with Crippen molar-refractivity contribution in [2.24, 2.45) is 10.9 Å². The van der Waals surface area contributed by atoms with Crippen molar-refractivity contribution >= 4 is 23.2 Å². The van der Waals surface area contributed by atoms with E-state index in [-0.39, 0.29) is 17.7 Å². The van der Waals surface area contributed by atoms with Gasteiger partial charge < -0.3 is 10.2 Å². The van der Waals surface area contributed by atoms with E-state index in [0.717, 1.165) is 16.8 Å². The van der Waals surface area contributed by atoms with Crippen molar-refractivity contribution in [3.8, 4) is 0 Å². The maximum atomic E-state index is 12.8. The normalized spacial score (nSPS) is 17.0. The van der Waals surface area contributed by atoms with Crippen molar-refractivity contribution in [2.45, 2.75) is 20.0 Å². The minimum absolute atomic E-state index is 0.200. The highest BCUT2D eigenvalue weighted by Crippen LogP contribution is 2.27. The lowest BCUT2D eigenvalue weighted by Crippen LogP contribution is -2.47. The van der Waals surface area contributed by atoms with Gasteiger partial charge in [-0.15, -0.1) is 0 Å². The number of benzodiazepines with no additional fused rings is 1. The molecule has 0 saturated carbocycles. The minimum Gasteiger partial charge on any atom is -0.326 e. The van der Waals surface area contributed by atoms with E-state index in [1.807, 2.05) is 54.6 Å². The molecule has 0 saturated heterocycles. The van der Waals surface area contributed by atoms with Crippen molar-refractivity contribution < 1.29 is 9.59 Å². The lowest BCUT2D eigenvalue weighted by atomic mass is 10.0. The minimum atomic E-state index is -0.942. The van der Waals surface area contributed by atoms with Crippen LogP contribution >= 0.6 is 0 Å². The molecule has 1 N–H and O–H groups in total. The summed E-state index contributed by atoms with van der Waals surface area (Å²) in [5.74, 6) is -0.680. The average molecular weight is 335 g/mol. The fourth-order valence-electron chi connectivity index (χ4n) is 2.74. The number of carbonyl (C=O) groups excluding carboxylic acids is 2. The number of anilines is 1. The van der Waals surface area contributed by atoms with E-state index in [0.29, 0.717) is 5.71 Å². The number of aliphatic imine (C=N–C) groups is 1. The molecule has 1 aliphatic rings. The molecule has 0 aliphatic carbocycles. The maximum Gasteiger partial charge on any atom is 0.272 e. The van der Waals surface area contributed by atoms with E-state index < -0.39 is 6.17 Å². The van der Waals surface area contributed by atoms with Crippen LogP contribution in [0.5, 0.6) is 0 Å². The van der Waals surface area contributed by atoms with Crippen molar-refractivity contribution in [1.82, 2.24) is 5.32 Å². The number of fused-ring (bicyclic) bond motifs is 1. The third-order valence-electron chi connectivity index (χ3n) is 4.19. The summed E-state index contributed by atoms with van der Waals surface area (Å²) in [5, 5.41) is 2.76. The Morgan fingerprint density at radius 1 is 1.08 bits per heavy atom. The number of hydrogen-bond acceptors (Lipinski definition) is 3. The van der Waals surface area contributed by atoms with Crippen LogP contribution in [-0.4, -0.2) is 30.7 Å². The highest BCUT2D eigenvalue weighted by atomic mass is 16.2. The van der Waals surface area contributed by atoms with Gasteiger partial charge in [0.25, 0.3) is 5.91 Å². The van der Waals surface area contributed by atoms with Crippen LogP contribution in [0.3, 0.4) is 0 Å². The van der Waals surface area contributed by atoms with Crippen molar-refractivity contribution in [3.63, 3.8) is 0 Å². The van der Waals surface area contributed by atoms with Gasteiger partial charge in [0.1, 0.15) is 0 Å². The molecule has 128 valence electrons. The van der Waals surface area contributed by atoms with Crippen LogP contribution < -0.4 is 10.2 Å². The molecule has 0 fully saturated rings.